The van der Waals surface area contributed by atoms with Gasteiger partial charge in [-0.1, -0.05) is 19.9 Å². The lowest BCUT2D eigenvalue weighted by Gasteiger charge is -2.13. The number of nitrogens with zero attached hydrogens (tertiary/aromatic N) is 1. The Bertz CT molecular complexity index is 1020. The molecule has 182 valence electrons. The molecule has 2 aromatic rings. The molecule has 0 radical (unpaired) electrons. The predicted molar refractivity (Wildman–Crippen MR) is 128 cm³/mol. The quantitative estimate of drug-likeness (QED) is 0.263. The highest BCUT2D eigenvalue weighted by Gasteiger charge is 2.13. The molecule has 0 aliphatic carbocycles. The van der Waals surface area contributed by atoms with Crippen molar-refractivity contribution in [2.24, 2.45) is 11.0 Å². The van der Waals surface area contributed by atoms with Crippen molar-refractivity contribution in [2.45, 2.75) is 20.8 Å². The highest BCUT2D eigenvalue weighted by molar-refractivity contribution is 6.35. The van der Waals surface area contributed by atoms with Gasteiger partial charge < -0.3 is 24.8 Å². The molecular weight excluding hydrogens is 440 g/mol. The van der Waals surface area contributed by atoms with E-state index in [2.05, 4.69) is 21.2 Å². The number of amides is 3. The molecule has 0 aliphatic rings. The normalized spacial score (nSPS) is 10.6. The highest BCUT2D eigenvalue weighted by atomic mass is 16.5. The maximum atomic E-state index is 12.3. The van der Waals surface area contributed by atoms with E-state index < -0.39 is 11.8 Å². The zero-order valence-electron chi connectivity index (χ0n) is 19.7. The summed E-state index contributed by atoms with van der Waals surface area (Å²) < 4.78 is 16.4. The van der Waals surface area contributed by atoms with Crippen LogP contribution in [-0.2, 0) is 14.4 Å². The zero-order chi connectivity index (χ0) is 24.9. The van der Waals surface area contributed by atoms with E-state index in [0.717, 1.165) is 0 Å². The minimum absolute atomic E-state index is 0.228. The van der Waals surface area contributed by atoms with E-state index in [-0.39, 0.29) is 18.4 Å². The van der Waals surface area contributed by atoms with Crippen LogP contribution in [0.1, 0.15) is 26.3 Å². The third kappa shape index (κ3) is 8.81. The van der Waals surface area contributed by atoms with E-state index in [0.29, 0.717) is 41.7 Å². The van der Waals surface area contributed by atoms with Gasteiger partial charge in [-0.3, -0.25) is 14.4 Å². The third-order valence-electron chi connectivity index (χ3n) is 4.24. The van der Waals surface area contributed by atoms with Crippen LogP contribution in [-0.4, -0.2) is 50.8 Å². The number of carbonyl (C=O) groups is 3. The fourth-order valence-corrected chi connectivity index (χ4v) is 2.63. The summed E-state index contributed by atoms with van der Waals surface area (Å²) in [5.74, 6) is -0.327. The van der Waals surface area contributed by atoms with E-state index in [1.165, 1.54) is 6.21 Å². The average Bonchev–Trinajstić information content (AvgIpc) is 2.82. The Morgan fingerprint density at radius 3 is 2.53 bits per heavy atom. The molecule has 0 fully saturated rings. The minimum Gasteiger partial charge on any atom is -0.497 e. The molecule has 34 heavy (non-hydrogen) atoms. The molecule has 0 saturated heterocycles. The van der Waals surface area contributed by atoms with E-state index in [9.17, 15) is 14.4 Å². The number of anilines is 1. The summed E-state index contributed by atoms with van der Waals surface area (Å²) in [4.78, 5) is 35.7. The smallest absolute Gasteiger partial charge is 0.329 e. The van der Waals surface area contributed by atoms with E-state index >= 15 is 0 Å². The fraction of sp³-hybridized carbons (Fsp3) is 0.333. The molecule has 0 aliphatic heterocycles. The summed E-state index contributed by atoms with van der Waals surface area (Å²) in [5, 5.41) is 9.04. The molecular formula is C24H30N4O6. The number of hydrogen-bond donors (Lipinski definition) is 3. The highest BCUT2D eigenvalue weighted by Crippen LogP contribution is 2.28. The lowest BCUT2D eigenvalue weighted by molar-refractivity contribution is -0.139. The summed E-state index contributed by atoms with van der Waals surface area (Å²) in [5.41, 5.74) is 3.36. The Labute approximate surface area is 198 Å². The Kier molecular flexibility index (Phi) is 10.4. The van der Waals surface area contributed by atoms with E-state index in [1.807, 2.05) is 20.8 Å². The summed E-state index contributed by atoms with van der Waals surface area (Å²) >= 11 is 0. The number of ether oxygens (including phenoxy) is 3. The van der Waals surface area contributed by atoms with E-state index in [1.54, 1.807) is 49.6 Å². The van der Waals surface area contributed by atoms with Crippen LogP contribution in [0.25, 0.3) is 0 Å². The van der Waals surface area contributed by atoms with Crippen molar-refractivity contribution in [3.63, 3.8) is 0 Å². The first kappa shape index (κ1) is 26.2. The SMILES string of the molecule is CCOc1cc(/C=N\NC(=O)C(=O)NCC(C)C)ccc1OCC(=O)Nc1cccc(OC)c1. The first-order chi connectivity index (χ1) is 16.3. The van der Waals surface area contributed by atoms with Crippen molar-refractivity contribution < 1.29 is 28.6 Å². The van der Waals surface area contributed by atoms with Gasteiger partial charge in [-0.05, 0) is 48.7 Å². The number of benzene rings is 2. The molecule has 3 amide bonds. The average molecular weight is 471 g/mol. The molecule has 10 heteroatoms. The molecule has 0 unspecified atom stereocenters. The molecule has 0 heterocycles. The summed E-state index contributed by atoms with van der Waals surface area (Å²) in [6.45, 7) is 6.20. The van der Waals surface area contributed by atoms with Gasteiger partial charge in [-0.25, -0.2) is 5.43 Å². The van der Waals surface area contributed by atoms with Crippen LogP contribution in [0.2, 0.25) is 0 Å². The van der Waals surface area contributed by atoms with Gasteiger partial charge in [0.1, 0.15) is 5.75 Å². The predicted octanol–water partition coefficient (Wildman–Crippen LogP) is 2.33. The van der Waals surface area contributed by atoms with Gasteiger partial charge in [0.05, 0.1) is 19.9 Å². The monoisotopic (exact) mass is 470 g/mol. The van der Waals surface area contributed by atoms with Gasteiger partial charge in [0, 0.05) is 18.3 Å². The second-order valence-corrected chi connectivity index (χ2v) is 7.51. The lowest BCUT2D eigenvalue weighted by atomic mass is 10.2. The zero-order valence-corrected chi connectivity index (χ0v) is 19.7. The van der Waals surface area contributed by atoms with Crippen LogP contribution in [0.15, 0.2) is 47.6 Å². The van der Waals surface area contributed by atoms with Gasteiger partial charge >= 0.3 is 11.8 Å². The maximum Gasteiger partial charge on any atom is 0.329 e. The summed E-state index contributed by atoms with van der Waals surface area (Å²) in [6, 6.07) is 11.9. The van der Waals surface area contributed by atoms with Crippen molar-refractivity contribution in [3.05, 3.63) is 48.0 Å². The third-order valence-corrected chi connectivity index (χ3v) is 4.24. The number of methoxy groups -OCH3 is 1. The van der Waals surface area contributed by atoms with Crippen molar-refractivity contribution in [3.8, 4) is 17.2 Å². The second kappa shape index (κ2) is 13.5. The molecule has 10 nitrogen and oxygen atoms in total. The standard InChI is InChI=1S/C24H30N4O6/c1-5-33-21-11-17(14-26-28-24(31)23(30)25-13-16(2)3)9-10-20(21)34-15-22(29)27-18-7-6-8-19(12-18)32-4/h6-12,14,16H,5,13,15H2,1-4H3,(H,25,30)(H,27,29)(H,28,31)/b26-14-. The molecule has 0 spiro atoms. The lowest BCUT2D eigenvalue weighted by Crippen LogP contribution is -2.39. The first-order valence-corrected chi connectivity index (χ1v) is 10.8. The molecule has 0 bridgehead atoms. The van der Waals surface area contributed by atoms with Crippen molar-refractivity contribution in [2.75, 3.05) is 32.2 Å². The largest absolute Gasteiger partial charge is 0.497 e. The van der Waals surface area contributed by atoms with Gasteiger partial charge in [0.15, 0.2) is 18.1 Å². The number of rotatable bonds is 11. The maximum absolute atomic E-state index is 12.3. The van der Waals surface area contributed by atoms with Crippen molar-refractivity contribution >= 4 is 29.6 Å². The van der Waals surface area contributed by atoms with Gasteiger partial charge in [0.25, 0.3) is 5.91 Å². The number of hydrogen-bond acceptors (Lipinski definition) is 7. The van der Waals surface area contributed by atoms with Crippen LogP contribution in [0.4, 0.5) is 5.69 Å². The Morgan fingerprint density at radius 1 is 1.03 bits per heavy atom. The topological polar surface area (TPSA) is 127 Å². The first-order valence-electron chi connectivity index (χ1n) is 10.8. The van der Waals surface area contributed by atoms with Crippen LogP contribution >= 0.6 is 0 Å². The number of hydrazone groups is 1. The van der Waals surface area contributed by atoms with Crippen LogP contribution in [0.5, 0.6) is 17.2 Å². The number of carbonyl (C=O) groups excluding carboxylic acids is 3. The van der Waals surface area contributed by atoms with Crippen LogP contribution < -0.4 is 30.3 Å². The van der Waals surface area contributed by atoms with Crippen LogP contribution in [0, 0.1) is 5.92 Å². The molecule has 0 atom stereocenters. The molecule has 0 saturated carbocycles. The van der Waals surface area contributed by atoms with Gasteiger partial charge in [0.2, 0.25) is 0 Å². The summed E-state index contributed by atoms with van der Waals surface area (Å²) in [6.07, 6.45) is 1.37. The fourth-order valence-electron chi connectivity index (χ4n) is 2.63. The van der Waals surface area contributed by atoms with Gasteiger partial charge in [-0.2, -0.15) is 5.10 Å². The van der Waals surface area contributed by atoms with Crippen molar-refractivity contribution in [1.82, 2.24) is 10.7 Å². The van der Waals surface area contributed by atoms with Crippen molar-refractivity contribution in [1.29, 1.82) is 0 Å². The number of nitrogens with one attached hydrogen (secondary N) is 3. The molecule has 0 aromatic heterocycles. The molecule has 2 aromatic carbocycles. The second-order valence-electron chi connectivity index (χ2n) is 7.51. The molecule has 3 N–H and O–H groups in total. The Hall–Kier alpha value is -4.08. The molecule has 2 rings (SSSR count). The minimum atomic E-state index is -0.857. The summed E-state index contributed by atoms with van der Waals surface area (Å²) in [7, 11) is 1.55. The Morgan fingerprint density at radius 2 is 1.82 bits per heavy atom. The Balaban J connectivity index is 1.94. The van der Waals surface area contributed by atoms with Crippen LogP contribution in [0.3, 0.4) is 0 Å². The van der Waals surface area contributed by atoms with E-state index in [4.69, 9.17) is 14.2 Å². The van der Waals surface area contributed by atoms with Gasteiger partial charge in [-0.15, -0.1) is 0 Å².